The van der Waals surface area contributed by atoms with E-state index in [4.69, 9.17) is 0 Å². The summed E-state index contributed by atoms with van der Waals surface area (Å²) in [5, 5.41) is 13.0. The smallest absolute Gasteiger partial charge is 0.227 e. The second-order valence-corrected chi connectivity index (χ2v) is 7.29. The normalized spacial score (nSPS) is 10.6. The van der Waals surface area contributed by atoms with Gasteiger partial charge in [0.2, 0.25) is 11.0 Å². The summed E-state index contributed by atoms with van der Waals surface area (Å²) in [7, 11) is 0. The molecule has 0 radical (unpaired) electrons. The van der Waals surface area contributed by atoms with Gasteiger partial charge in [-0.05, 0) is 12.5 Å². The molecule has 1 N–H and O–H groups in total. The zero-order valence-corrected chi connectivity index (χ0v) is 15.3. The number of nitrogens with zero attached hydrogens (tertiary/aromatic N) is 4. The molecule has 0 atom stereocenters. The van der Waals surface area contributed by atoms with Crippen LogP contribution in [0.15, 0.2) is 47.8 Å². The summed E-state index contributed by atoms with van der Waals surface area (Å²) >= 11 is 2.94. The number of carbonyl (C=O) groups excluding carboxylic acids is 1. The monoisotopic (exact) mass is 371 g/mol. The molecule has 0 spiro atoms. The Balaban J connectivity index is 1.51. The van der Waals surface area contributed by atoms with Gasteiger partial charge in [0.25, 0.3) is 0 Å². The van der Waals surface area contributed by atoms with E-state index in [0.717, 1.165) is 27.7 Å². The Morgan fingerprint density at radius 3 is 2.80 bits per heavy atom. The summed E-state index contributed by atoms with van der Waals surface area (Å²) in [6.07, 6.45) is 2.76. The first kappa shape index (κ1) is 17.5. The number of nitrogens with one attached hydrogen (secondary N) is 1. The quantitative estimate of drug-likeness (QED) is 0.504. The lowest BCUT2D eigenvalue weighted by atomic mass is 10.1. The van der Waals surface area contributed by atoms with Crippen LogP contribution in [0.1, 0.15) is 18.4 Å². The number of aromatic nitrogens is 4. The molecule has 0 aliphatic heterocycles. The lowest BCUT2D eigenvalue weighted by molar-refractivity contribution is -0.115. The molecule has 2 heterocycles. The van der Waals surface area contributed by atoms with Gasteiger partial charge in [-0.25, -0.2) is 9.97 Å². The van der Waals surface area contributed by atoms with Gasteiger partial charge in [-0.15, -0.1) is 22.0 Å². The van der Waals surface area contributed by atoms with Gasteiger partial charge in [0.15, 0.2) is 0 Å². The van der Waals surface area contributed by atoms with Crippen molar-refractivity contribution in [3.05, 3.63) is 47.7 Å². The molecule has 0 bridgehead atoms. The molecule has 0 aliphatic carbocycles. The van der Waals surface area contributed by atoms with E-state index in [-0.39, 0.29) is 5.91 Å². The fourth-order valence-electron chi connectivity index (χ4n) is 2.06. The molecule has 1 amide bonds. The fourth-order valence-corrected chi connectivity index (χ4v) is 3.57. The topological polar surface area (TPSA) is 80.7 Å². The summed E-state index contributed by atoms with van der Waals surface area (Å²) in [6, 6.07) is 11.9. The Morgan fingerprint density at radius 1 is 1.20 bits per heavy atom. The Labute approximate surface area is 154 Å². The maximum absolute atomic E-state index is 12.0. The third kappa shape index (κ3) is 5.07. The van der Waals surface area contributed by atoms with Crippen molar-refractivity contribution in [3.8, 4) is 11.3 Å². The van der Waals surface area contributed by atoms with Crippen LogP contribution in [-0.2, 0) is 11.2 Å². The number of hydrogen-bond acceptors (Lipinski definition) is 7. The van der Waals surface area contributed by atoms with E-state index in [9.17, 15) is 4.79 Å². The summed E-state index contributed by atoms with van der Waals surface area (Å²) in [5.74, 6) is 0.569. The first-order valence-electron chi connectivity index (χ1n) is 7.87. The highest BCUT2D eigenvalue weighted by Gasteiger charge is 2.08. The van der Waals surface area contributed by atoms with Crippen LogP contribution in [-0.4, -0.2) is 31.8 Å². The lowest BCUT2D eigenvalue weighted by Crippen LogP contribution is -2.12. The average Bonchev–Trinajstić information content (AvgIpc) is 3.10. The molecule has 2 aromatic heterocycles. The van der Waals surface area contributed by atoms with E-state index >= 15 is 0 Å². The van der Waals surface area contributed by atoms with Crippen LogP contribution in [0.5, 0.6) is 0 Å². The third-order valence-corrected chi connectivity index (χ3v) is 5.22. The number of aryl methyl sites for hydroxylation is 1. The Morgan fingerprint density at radius 2 is 2.04 bits per heavy atom. The van der Waals surface area contributed by atoms with Crippen molar-refractivity contribution in [3.63, 3.8) is 0 Å². The molecule has 0 unspecified atom stereocenters. The van der Waals surface area contributed by atoms with Crippen LogP contribution < -0.4 is 5.32 Å². The lowest BCUT2D eigenvalue weighted by Gasteiger charge is -2.04. The van der Waals surface area contributed by atoms with Gasteiger partial charge in [0, 0.05) is 17.7 Å². The molecule has 3 aromatic rings. The molecule has 6 nitrogen and oxygen atoms in total. The van der Waals surface area contributed by atoms with Crippen LogP contribution in [0.3, 0.4) is 0 Å². The predicted molar refractivity (Wildman–Crippen MR) is 101 cm³/mol. The fraction of sp³-hybridized carbons (Fsp3) is 0.235. The highest BCUT2D eigenvalue weighted by atomic mass is 32.2. The van der Waals surface area contributed by atoms with Gasteiger partial charge in [0.05, 0.1) is 10.7 Å². The SMILES string of the molecule is CCc1nnc(NC(=O)CCSc2cc(-c3ccccc3)ncn2)s1. The van der Waals surface area contributed by atoms with Crippen molar-refractivity contribution in [1.29, 1.82) is 0 Å². The average molecular weight is 371 g/mol. The molecule has 0 saturated carbocycles. The predicted octanol–water partition coefficient (Wildman–Crippen LogP) is 3.68. The first-order chi connectivity index (χ1) is 12.2. The van der Waals surface area contributed by atoms with E-state index in [1.165, 1.54) is 23.1 Å². The largest absolute Gasteiger partial charge is 0.301 e. The molecule has 1 aromatic carbocycles. The van der Waals surface area contributed by atoms with Crippen LogP contribution >= 0.6 is 23.1 Å². The molecular formula is C17H17N5OS2. The minimum atomic E-state index is -0.0661. The van der Waals surface area contributed by atoms with Gasteiger partial charge in [-0.2, -0.15) is 0 Å². The first-order valence-corrected chi connectivity index (χ1v) is 9.67. The van der Waals surface area contributed by atoms with Gasteiger partial charge in [-0.3, -0.25) is 4.79 Å². The number of thioether (sulfide) groups is 1. The van der Waals surface area contributed by atoms with Gasteiger partial charge in [-0.1, -0.05) is 48.6 Å². The van der Waals surface area contributed by atoms with Crippen molar-refractivity contribution in [2.75, 3.05) is 11.1 Å². The number of amides is 1. The molecule has 0 fully saturated rings. The number of hydrogen-bond donors (Lipinski definition) is 1. The zero-order chi connectivity index (χ0) is 17.5. The summed E-state index contributed by atoms with van der Waals surface area (Å²) in [5.41, 5.74) is 1.93. The zero-order valence-electron chi connectivity index (χ0n) is 13.7. The van der Waals surface area contributed by atoms with E-state index in [1.807, 2.05) is 43.3 Å². The number of rotatable bonds is 7. The molecule has 8 heteroatoms. The molecule has 25 heavy (non-hydrogen) atoms. The maximum atomic E-state index is 12.0. The van der Waals surface area contributed by atoms with Gasteiger partial charge >= 0.3 is 0 Å². The highest BCUT2D eigenvalue weighted by molar-refractivity contribution is 7.99. The van der Waals surface area contributed by atoms with Gasteiger partial charge < -0.3 is 5.32 Å². The summed E-state index contributed by atoms with van der Waals surface area (Å²) < 4.78 is 0. The van der Waals surface area contributed by atoms with Gasteiger partial charge in [0.1, 0.15) is 11.3 Å². The summed E-state index contributed by atoms with van der Waals surface area (Å²) in [4.78, 5) is 20.5. The number of anilines is 1. The second-order valence-electron chi connectivity index (χ2n) is 5.11. The molecule has 0 aliphatic rings. The van der Waals surface area contributed by atoms with E-state index in [1.54, 1.807) is 6.33 Å². The highest BCUT2D eigenvalue weighted by Crippen LogP contribution is 2.22. The molecule has 128 valence electrons. The number of carbonyl (C=O) groups is 1. The minimum Gasteiger partial charge on any atom is -0.301 e. The molecule has 0 saturated heterocycles. The standard InChI is InChI=1S/C17H17N5OS2/c1-2-15-21-22-17(25-15)20-14(23)8-9-24-16-10-13(18-11-19-16)12-6-4-3-5-7-12/h3-7,10-11H,2,8-9H2,1H3,(H,20,22,23). The molecule has 3 rings (SSSR count). The number of benzene rings is 1. The second kappa shape index (κ2) is 8.68. The Bertz CT molecular complexity index is 838. The van der Waals surface area contributed by atoms with E-state index in [0.29, 0.717) is 17.3 Å². The van der Waals surface area contributed by atoms with Crippen molar-refractivity contribution in [2.24, 2.45) is 0 Å². The van der Waals surface area contributed by atoms with E-state index < -0.39 is 0 Å². The van der Waals surface area contributed by atoms with Crippen LogP contribution in [0.4, 0.5) is 5.13 Å². The van der Waals surface area contributed by atoms with Crippen LogP contribution in [0, 0.1) is 0 Å². The Kier molecular flexibility index (Phi) is 6.08. The van der Waals surface area contributed by atoms with Crippen molar-refractivity contribution in [1.82, 2.24) is 20.2 Å². The van der Waals surface area contributed by atoms with E-state index in [2.05, 4.69) is 25.5 Å². The third-order valence-electron chi connectivity index (χ3n) is 3.31. The summed E-state index contributed by atoms with van der Waals surface area (Å²) in [6.45, 7) is 2.01. The molecular weight excluding hydrogens is 354 g/mol. The Hall–Kier alpha value is -2.32. The van der Waals surface area contributed by atoms with Crippen molar-refractivity contribution in [2.45, 2.75) is 24.8 Å². The van der Waals surface area contributed by atoms with Crippen molar-refractivity contribution >= 4 is 34.1 Å². The van der Waals surface area contributed by atoms with Crippen LogP contribution in [0.2, 0.25) is 0 Å². The van der Waals surface area contributed by atoms with Crippen LogP contribution in [0.25, 0.3) is 11.3 Å². The van der Waals surface area contributed by atoms with Crippen molar-refractivity contribution < 1.29 is 4.79 Å². The minimum absolute atomic E-state index is 0.0661. The maximum Gasteiger partial charge on any atom is 0.227 e.